The molecule has 0 aliphatic rings. The summed E-state index contributed by atoms with van der Waals surface area (Å²) in [7, 11) is 0. The zero-order chi connectivity index (χ0) is 22.9. The number of esters is 2. The maximum atomic E-state index is 12.4. The molecule has 0 saturated carbocycles. The van der Waals surface area contributed by atoms with Gasteiger partial charge in [0.05, 0.1) is 17.1 Å². The van der Waals surface area contributed by atoms with Crippen LogP contribution in [0, 0.1) is 10.1 Å². The van der Waals surface area contributed by atoms with Crippen LogP contribution in [0.1, 0.15) is 22.8 Å². The molecule has 8 nitrogen and oxygen atoms in total. The topological polar surface area (TPSA) is 105 Å². The van der Waals surface area contributed by atoms with Gasteiger partial charge in [-0.3, -0.25) is 10.1 Å². The van der Waals surface area contributed by atoms with Crippen LogP contribution in [-0.2, 0) is 16.0 Å². The van der Waals surface area contributed by atoms with Crippen LogP contribution in [-0.4, -0.2) is 29.6 Å². The van der Waals surface area contributed by atoms with E-state index in [1.54, 1.807) is 18.2 Å². The molecular weight excluding hydrogens is 414 g/mol. The third-order valence-electron chi connectivity index (χ3n) is 4.45. The molecule has 3 aromatic rings. The molecule has 3 rings (SSSR count). The van der Waals surface area contributed by atoms with Gasteiger partial charge in [0.1, 0.15) is 5.75 Å². The van der Waals surface area contributed by atoms with Crippen molar-refractivity contribution in [1.29, 1.82) is 0 Å². The predicted octanol–water partition coefficient (Wildman–Crippen LogP) is 4.37. The summed E-state index contributed by atoms with van der Waals surface area (Å²) in [5.41, 5.74) is 1.03. The highest BCUT2D eigenvalue weighted by Crippen LogP contribution is 2.27. The van der Waals surface area contributed by atoms with Crippen molar-refractivity contribution in [3.05, 3.63) is 100 Å². The Balaban J connectivity index is 1.57. The van der Waals surface area contributed by atoms with Gasteiger partial charge in [0, 0.05) is 12.5 Å². The number of nitro benzene ring substituents is 1. The highest BCUT2D eigenvalue weighted by atomic mass is 16.6. The normalized spacial score (nSPS) is 11.3. The van der Waals surface area contributed by atoms with Crippen LogP contribution in [0.4, 0.5) is 5.69 Å². The van der Waals surface area contributed by atoms with E-state index in [-0.39, 0.29) is 29.4 Å². The van der Waals surface area contributed by atoms with Crippen molar-refractivity contribution in [3.8, 4) is 11.5 Å². The molecule has 164 valence electrons. The fourth-order valence-corrected chi connectivity index (χ4v) is 2.82. The average Bonchev–Trinajstić information content (AvgIpc) is 2.80. The summed E-state index contributed by atoms with van der Waals surface area (Å²) in [6.45, 7) is 1.63. The Morgan fingerprint density at radius 3 is 2.44 bits per heavy atom. The summed E-state index contributed by atoms with van der Waals surface area (Å²) in [6, 6.07) is 21.4. The molecule has 1 atom stereocenters. The zero-order valence-electron chi connectivity index (χ0n) is 17.3. The number of hydrogen-bond acceptors (Lipinski definition) is 7. The molecule has 0 radical (unpaired) electrons. The maximum Gasteiger partial charge on any atom is 0.352 e. The monoisotopic (exact) mass is 435 g/mol. The van der Waals surface area contributed by atoms with E-state index in [1.165, 1.54) is 37.3 Å². The molecule has 0 heterocycles. The Morgan fingerprint density at radius 1 is 0.969 bits per heavy atom. The van der Waals surface area contributed by atoms with Crippen molar-refractivity contribution in [2.75, 3.05) is 6.61 Å². The van der Waals surface area contributed by atoms with Gasteiger partial charge in [-0.25, -0.2) is 9.59 Å². The highest BCUT2D eigenvalue weighted by molar-refractivity contribution is 5.90. The summed E-state index contributed by atoms with van der Waals surface area (Å²) < 4.78 is 16.0. The molecule has 1 unspecified atom stereocenters. The van der Waals surface area contributed by atoms with Gasteiger partial charge >= 0.3 is 17.6 Å². The van der Waals surface area contributed by atoms with E-state index < -0.39 is 23.0 Å². The number of carbonyl (C=O) groups is 2. The van der Waals surface area contributed by atoms with E-state index in [1.807, 2.05) is 30.3 Å². The first kappa shape index (κ1) is 22.5. The van der Waals surface area contributed by atoms with Crippen LogP contribution in [0.25, 0.3) is 0 Å². The summed E-state index contributed by atoms with van der Waals surface area (Å²) in [6.07, 6.45) is -0.528. The van der Waals surface area contributed by atoms with Gasteiger partial charge in [-0.2, -0.15) is 0 Å². The minimum atomic E-state index is -1.11. The SMILES string of the molecule is CC(Oc1ccccc1[N+](=O)[O-])C(=O)Oc1cccc(C(=O)OCCc2ccccc2)c1. The Hall–Kier alpha value is -4.20. The van der Waals surface area contributed by atoms with Gasteiger partial charge in [0.15, 0.2) is 11.9 Å². The molecule has 0 N–H and O–H groups in total. The number of carbonyl (C=O) groups excluding carboxylic acids is 2. The van der Waals surface area contributed by atoms with Crippen LogP contribution in [0.2, 0.25) is 0 Å². The van der Waals surface area contributed by atoms with Gasteiger partial charge in [-0.1, -0.05) is 48.5 Å². The van der Waals surface area contributed by atoms with E-state index in [4.69, 9.17) is 14.2 Å². The van der Waals surface area contributed by atoms with E-state index >= 15 is 0 Å². The summed E-state index contributed by atoms with van der Waals surface area (Å²) in [4.78, 5) is 35.2. The van der Waals surface area contributed by atoms with Crippen molar-refractivity contribution in [2.45, 2.75) is 19.4 Å². The number of ether oxygens (including phenoxy) is 3. The first-order valence-corrected chi connectivity index (χ1v) is 9.87. The quantitative estimate of drug-likeness (QED) is 0.213. The van der Waals surface area contributed by atoms with E-state index in [0.717, 1.165) is 5.56 Å². The minimum Gasteiger partial charge on any atom is -0.472 e. The lowest BCUT2D eigenvalue weighted by Crippen LogP contribution is -2.28. The molecule has 0 aromatic heterocycles. The third kappa shape index (κ3) is 6.15. The van der Waals surface area contributed by atoms with Gasteiger partial charge in [0.25, 0.3) is 0 Å². The first-order valence-electron chi connectivity index (χ1n) is 9.87. The fraction of sp³-hybridized carbons (Fsp3) is 0.167. The molecule has 0 fully saturated rings. The second-order valence-electron chi connectivity index (χ2n) is 6.81. The second kappa shape index (κ2) is 10.7. The van der Waals surface area contributed by atoms with Crippen molar-refractivity contribution in [3.63, 3.8) is 0 Å². The Morgan fingerprint density at radius 2 is 1.69 bits per heavy atom. The lowest BCUT2D eigenvalue weighted by molar-refractivity contribution is -0.386. The smallest absolute Gasteiger partial charge is 0.352 e. The van der Waals surface area contributed by atoms with Crippen LogP contribution >= 0.6 is 0 Å². The van der Waals surface area contributed by atoms with Gasteiger partial charge in [-0.05, 0) is 36.8 Å². The van der Waals surface area contributed by atoms with Crippen molar-refractivity contribution >= 4 is 17.6 Å². The average molecular weight is 435 g/mol. The van der Waals surface area contributed by atoms with Gasteiger partial charge in [-0.15, -0.1) is 0 Å². The number of rotatable bonds is 9. The summed E-state index contributed by atoms with van der Waals surface area (Å²) >= 11 is 0. The number of nitrogens with zero attached hydrogens (tertiary/aromatic N) is 1. The van der Waals surface area contributed by atoms with Gasteiger partial charge < -0.3 is 14.2 Å². The van der Waals surface area contributed by atoms with Crippen LogP contribution in [0.5, 0.6) is 11.5 Å². The Kier molecular flexibility index (Phi) is 7.53. The zero-order valence-corrected chi connectivity index (χ0v) is 17.3. The molecule has 8 heteroatoms. The van der Waals surface area contributed by atoms with Crippen molar-refractivity contribution in [2.24, 2.45) is 0 Å². The number of benzene rings is 3. The largest absolute Gasteiger partial charge is 0.472 e. The predicted molar refractivity (Wildman–Crippen MR) is 116 cm³/mol. The standard InChI is InChI=1S/C24H21NO7/c1-17(31-22-13-6-5-12-21(22)25(28)29)23(26)32-20-11-7-10-19(16-20)24(27)30-15-14-18-8-3-2-4-9-18/h2-13,16-17H,14-15H2,1H3. The fourth-order valence-electron chi connectivity index (χ4n) is 2.82. The molecule has 0 aliphatic carbocycles. The third-order valence-corrected chi connectivity index (χ3v) is 4.45. The first-order chi connectivity index (χ1) is 15.4. The number of nitro groups is 1. The van der Waals surface area contributed by atoms with E-state index in [9.17, 15) is 19.7 Å². The molecule has 0 saturated heterocycles. The molecule has 0 spiro atoms. The number of para-hydroxylation sites is 2. The Labute approximate surface area is 184 Å². The molecule has 3 aromatic carbocycles. The summed E-state index contributed by atoms with van der Waals surface area (Å²) in [5.74, 6) is -1.22. The molecule has 0 amide bonds. The maximum absolute atomic E-state index is 12.4. The second-order valence-corrected chi connectivity index (χ2v) is 6.81. The lowest BCUT2D eigenvalue weighted by atomic mass is 10.2. The molecule has 0 bridgehead atoms. The van der Waals surface area contributed by atoms with Gasteiger partial charge in [0.2, 0.25) is 0 Å². The molecule has 0 aliphatic heterocycles. The van der Waals surface area contributed by atoms with Crippen LogP contribution < -0.4 is 9.47 Å². The number of hydrogen-bond donors (Lipinski definition) is 0. The Bertz CT molecular complexity index is 1100. The van der Waals surface area contributed by atoms with Crippen LogP contribution in [0.3, 0.4) is 0 Å². The van der Waals surface area contributed by atoms with Crippen molar-refractivity contribution < 1.29 is 28.7 Å². The summed E-state index contributed by atoms with van der Waals surface area (Å²) in [5, 5.41) is 11.1. The molecular formula is C24H21NO7. The van der Waals surface area contributed by atoms with Crippen molar-refractivity contribution in [1.82, 2.24) is 0 Å². The highest BCUT2D eigenvalue weighted by Gasteiger charge is 2.22. The minimum absolute atomic E-state index is 0.0438. The molecule has 32 heavy (non-hydrogen) atoms. The lowest BCUT2D eigenvalue weighted by Gasteiger charge is -2.14. The van der Waals surface area contributed by atoms with E-state index in [2.05, 4.69) is 0 Å². The van der Waals surface area contributed by atoms with Crippen LogP contribution in [0.15, 0.2) is 78.9 Å². The van der Waals surface area contributed by atoms with E-state index in [0.29, 0.717) is 6.42 Å².